The Morgan fingerprint density at radius 3 is 2.70 bits per heavy atom. The third kappa shape index (κ3) is 2.80. The first-order chi connectivity index (χ1) is 9.13. The number of imidazole rings is 1. The zero-order valence-corrected chi connectivity index (χ0v) is 13.0. The van der Waals surface area contributed by atoms with E-state index in [2.05, 4.69) is 4.98 Å². The van der Waals surface area contributed by atoms with Gasteiger partial charge in [0.25, 0.3) is 10.0 Å². The van der Waals surface area contributed by atoms with E-state index >= 15 is 0 Å². The second-order valence-corrected chi connectivity index (χ2v) is 7.53. The van der Waals surface area contributed by atoms with Crippen molar-refractivity contribution >= 4 is 27.3 Å². The van der Waals surface area contributed by atoms with Gasteiger partial charge in [-0.3, -0.25) is 4.40 Å². The number of aliphatic hydroxyl groups is 1. The first-order valence-corrected chi connectivity index (χ1v) is 7.76. The fourth-order valence-corrected chi connectivity index (χ4v) is 3.87. The Hall–Kier alpha value is -1.15. The van der Waals surface area contributed by atoms with Gasteiger partial charge in [-0.05, 0) is 26.0 Å². The average Bonchev–Trinajstić information content (AvgIpc) is 2.62. The third-order valence-corrected chi connectivity index (χ3v) is 4.91. The molecule has 0 atom stereocenters. The molecule has 0 fully saturated rings. The number of halogens is 1. The fraction of sp³-hybridized carbons (Fsp3) is 0.417. The van der Waals surface area contributed by atoms with E-state index in [1.54, 1.807) is 24.4 Å². The van der Waals surface area contributed by atoms with Gasteiger partial charge in [0.2, 0.25) is 0 Å². The van der Waals surface area contributed by atoms with E-state index in [9.17, 15) is 13.5 Å². The lowest BCUT2D eigenvalue weighted by atomic mass is 10.1. The standard InChI is InChI=1S/C12H16ClN3O3S/c1-12(2,17)8-15(3)20(18,19)11-10(13)14-9-6-4-5-7-16(9)11/h4-7,17H,8H2,1-3H3. The van der Waals surface area contributed by atoms with Gasteiger partial charge < -0.3 is 5.11 Å². The van der Waals surface area contributed by atoms with Crippen molar-refractivity contribution in [2.75, 3.05) is 13.6 Å². The van der Waals surface area contributed by atoms with Gasteiger partial charge in [-0.1, -0.05) is 17.7 Å². The molecular formula is C12H16ClN3O3S. The molecule has 20 heavy (non-hydrogen) atoms. The molecule has 6 nitrogen and oxygen atoms in total. The second kappa shape index (κ2) is 5.00. The molecular weight excluding hydrogens is 302 g/mol. The molecule has 110 valence electrons. The molecule has 0 aliphatic carbocycles. The number of sulfonamides is 1. The maximum Gasteiger partial charge on any atom is 0.262 e. The summed E-state index contributed by atoms with van der Waals surface area (Å²) in [7, 11) is -2.45. The van der Waals surface area contributed by atoms with Crippen LogP contribution in [0.2, 0.25) is 5.15 Å². The van der Waals surface area contributed by atoms with E-state index in [0.717, 1.165) is 4.31 Å². The molecule has 0 saturated heterocycles. The summed E-state index contributed by atoms with van der Waals surface area (Å²) in [5.41, 5.74) is -0.692. The van der Waals surface area contributed by atoms with Crippen LogP contribution in [0.25, 0.3) is 5.65 Å². The quantitative estimate of drug-likeness (QED) is 0.924. The Morgan fingerprint density at radius 1 is 1.45 bits per heavy atom. The molecule has 0 radical (unpaired) electrons. The number of hydrogen-bond acceptors (Lipinski definition) is 4. The Balaban J connectivity index is 2.55. The van der Waals surface area contributed by atoms with Crippen molar-refractivity contribution in [3.63, 3.8) is 0 Å². The topological polar surface area (TPSA) is 74.9 Å². The summed E-state index contributed by atoms with van der Waals surface area (Å²) < 4.78 is 27.6. The number of rotatable bonds is 4. The zero-order chi connectivity index (χ0) is 15.1. The summed E-state index contributed by atoms with van der Waals surface area (Å²) in [6, 6.07) is 5.11. The van der Waals surface area contributed by atoms with Crippen LogP contribution in [-0.4, -0.2) is 46.4 Å². The molecule has 0 unspecified atom stereocenters. The molecule has 0 aromatic carbocycles. The molecule has 0 bridgehead atoms. The van der Waals surface area contributed by atoms with E-state index in [1.165, 1.54) is 25.3 Å². The normalized spacial score (nSPS) is 13.3. The first kappa shape index (κ1) is 15.2. The molecule has 0 aliphatic heterocycles. The van der Waals surface area contributed by atoms with Gasteiger partial charge in [-0.15, -0.1) is 0 Å². The summed E-state index contributed by atoms with van der Waals surface area (Å²) in [5, 5.41) is 9.59. The lowest BCUT2D eigenvalue weighted by molar-refractivity contribution is 0.0639. The molecule has 2 heterocycles. The Labute approximate surface area is 122 Å². The minimum atomic E-state index is -3.84. The predicted octanol–water partition coefficient (Wildman–Crippen LogP) is 1.38. The van der Waals surface area contributed by atoms with Gasteiger partial charge in [0, 0.05) is 19.8 Å². The van der Waals surface area contributed by atoms with Gasteiger partial charge in [-0.25, -0.2) is 13.4 Å². The zero-order valence-electron chi connectivity index (χ0n) is 11.4. The van der Waals surface area contributed by atoms with E-state index < -0.39 is 15.6 Å². The van der Waals surface area contributed by atoms with Crippen LogP contribution in [0, 0.1) is 0 Å². The lowest BCUT2D eigenvalue weighted by Gasteiger charge is -2.24. The molecule has 0 spiro atoms. The first-order valence-electron chi connectivity index (χ1n) is 5.94. The fourth-order valence-electron chi connectivity index (χ4n) is 1.95. The second-order valence-electron chi connectivity index (χ2n) is 5.21. The van der Waals surface area contributed by atoms with Crippen LogP contribution in [0.3, 0.4) is 0 Å². The van der Waals surface area contributed by atoms with Gasteiger partial charge in [0.05, 0.1) is 5.60 Å². The Bertz CT molecular complexity index is 734. The van der Waals surface area contributed by atoms with Crippen molar-refractivity contribution < 1.29 is 13.5 Å². The minimum Gasteiger partial charge on any atom is -0.389 e. The summed E-state index contributed by atoms with van der Waals surface area (Å²) in [5.74, 6) is 0. The predicted molar refractivity (Wildman–Crippen MR) is 76.3 cm³/mol. The summed E-state index contributed by atoms with van der Waals surface area (Å²) in [6.07, 6.45) is 1.58. The SMILES string of the molecule is CN(CC(C)(C)O)S(=O)(=O)c1c(Cl)nc2ccccn12. The maximum atomic E-state index is 12.6. The lowest BCUT2D eigenvalue weighted by Crippen LogP contribution is -2.40. The number of nitrogens with zero attached hydrogens (tertiary/aromatic N) is 3. The smallest absolute Gasteiger partial charge is 0.262 e. The van der Waals surface area contributed by atoms with Crippen LogP contribution < -0.4 is 0 Å². The Kier molecular flexibility index (Phi) is 3.81. The summed E-state index contributed by atoms with van der Waals surface area (Å²) in [4.78, 5) is 4.02. The molecule has 2 rings (SSSR count). The largest absolute Gasteiger partial charge is 0.389 e. The maximum absolute atomic E-state index is 12.6. The van der Waals surface area contributed by atoms with Crippen molar-refractivity contribution in [2.24, 2.45) is 0 Å². The molecule has 0 saturated carbocycles. The number of hydrogen-bond donors (Lipinski definition) is 1. The molecule has 0 amide bonds. The number of fused-ring (bicyclic) bond motifs is 1. The minimum absolute atomic E-state index is 0.0499. The summed E-state index contributed by atoms with van der Waals surface area (Å²) >= 11 is 5.97. The highest BCUT2D eigenvalue weighted by atomic mass is 35.5. The number of aromatic nitrogens is 2. The molecule has 2 aromatic rings. The van der Waals surface area contributed by atoms with Crippen LogP contribution in [0.15, 0.2) is 29.4 Å². The van der Waals surface area contributed by atoms with Gasteiger partial charge in [0.1, 0.15) is 5.65 Å². The third-order valence-electron chi connectivity index (χ3n) is 2.71. The Morgan fingerprint density at radius 2 is 2.10 bits per heavy atom. The van der Waals surface area contributed by atoms with Crippen molar-refractivity contribution in [2.45, 2.75) is 24.5 Å². The van der Waals surface area contributed by atoms with Gasteiger partial charge >= 0.3 is 0 Å². The highest BCUT2D eigenvalue weighted by Gasteiger charge is 2.31. The van der Waals surface area contributed by atoms with Crippen molar-refractivity contribution in [3.8, 4) is 0 Å². The van der Waals surface area contributed by atoms with Gasteiger partial charge in [-0.2, -0.15) is 4.31 Å². The molecule has 8 heteroatoms. The van der Waals surface area contributed by atoms with Crippen LogP contribution in [-0.2, 0) is 10.0 Å². The molecule has 1 N–H and O–H groups in total. The highest BCUT2D eigenvalue weighted by molar-refractivity contribution is 7.89. The monoisotopic (exact) mass is 317 g/mol. The van der Waals surface area contributed by atoms with Crippen molar-refractivity contribution in [1.82, 2.24) is 13.7 Å². The van der Waals surface area contributed by atoms with Crippen LogP contribution in [0.5, 0.6) is 0 Å². The highest BCUT2D eigenvalue weighted by Crippen LogP contribution is 2.25. The van der Waals surface area contributed by atoms with Crippen molar-refractivity contribution in [3.05, 3.63) is 29.5 Å². The summed E-state index contributed by atoms with van der Waals surface area (Å²) in [6.45, 7) is 3.02. The molecule has 2 aromatic heterocycles. The van der Waals surface area contributed by atoms with E-state index in [1.807, 2.05) is 0 Å². The number of likely N-dealkylation sites (N-methyl/N-ethyl adjacent to an activating group) is 1. The average molecular weight is 318 g/mol. The van der Waals surface area contributed by atoms with E-state index in [0.29, 0.717) is 5.65 Å². The van der Waals surface area contributed by atoms with E-state index in [4.69, 9.17) is 11.6 Å². The van der Waals surface area contributed by atoms with E-state index in [-0.39, 0.29) is 16.7 Å². The van der Waals surface area contributed by atoms with Crippen LogP contribution in [0.4, 0.5) is 0 Å². The van der Waals surface area contributed by atoms with Crippen LogP contribution >= 0.6 is 11.6 Å². The number of pyridine rings is 1. The van der Waals surface area contributed by atoms with Crippen molar-refractivity contribution in [1.29, 1.82) is 0 Å². The van der Waals surface area contributed by atoms with Gasteiger partial charge in [0.15, 0.2) is 10.2 Å². The molecule has 0 aliphatic rings. The van der Waals surface area contributed by atoms with Crippen LogP contribution in [0.1, 0.15) is 13.8 Å².